The predicted molar refractivity (Wildman–Crippen MR) is 92.9 cm³/mol. The fourth-order valence-electron chi connectivity index (χ4n) is 4.22. The SMILES string of the molecule is CCNC(c1ccc(Br)s1)C1C2CCc3ccccc3C21. The molecule has 21 heavy (non-hydrogen) atoms. The topological polar surface area (TPSA) is 12.0 Å². The maximum Gasteiger partial charge on any atom is 0.0701 e. The molecule has 110 valence electrons. The molecule has 1 fully saturated rings. The van der Waals surface area contributed by atoms with Crippen molar-refractivity contribution in [2.24, 2.45) is 11.8 Å². The van der Waals surface area contributed by atoms with Crippen LogP contribution in [-0.4, -0.2) is 6.54 Å². The van der Waals surface area contributed by atoms with Crippen LogP contribution in [-0.2, 0) is 6.42 Å². The van der Waals surface area contributed by atoms with Gasteiger partial charge in [0.05, 0.1) is 3.79 Å². The number of hydrogen-bond donors (Lipinski definition) is 1. The second-order valence-electron chi connectivity index (χ2n) is 6.18. The molecule has 1 saturated carbocycles. The van der Waals surface area contributed by atoms with Crippen molar-refractivity contribution in [2.75, 3.05) is 6.54 Å². The lowest BCUT2D eigenvalue weighted by atomic mass is 9.92. The Bertz CT molecular complexity index is 650. The third-order valence-electron chi connectivity index (χ3n) is 5.10. The number of hydrogen-bond acceptors (Lipinski definition) is 2. The molecular weight excluding hydrogens is 342 g/mol. The molecule has 0 radical (unpaired) electrons. The van der Waals surface area contributed by atoms with Crippen LogP contribution in [0, 0.1) is 11.8 Å². The molecule has 0 amide bonds. The minimum absolute atomic E-state index is 0.521. The summed E-state index contributed by atoms with van der Waals surface area (Å²) in [7, 11) is 0. The molecule has 1 nitrogen and oxygen atoms in total. The van der Waals surface area contributed by atoms with Gasteiger partial charge in [-0.05, 0) is 76.3 Å². The lowest BCUT2D eigenvalue weighted by Gasteiger charge is -2.17. The summed E-state index contributed by atoms with van der Waals surface area (Å²) in [4.78, 5) is 1.49. The molecule has 4 unspecified atom stereocenters. The summed E-state index contributed by atoms with van der Waals surface area (Å²) in [6, 6.07) is 14.1. The van der Waals surface area contributed by atoms with E-state index in [9.17, 15) is 0 Å². The van der Waals surface area contributed by atoms with Gasteiger partial charge >= 0.3 is 0 Å². The molecule has 2 aliphatic rings. The van der Waals surface area contributed by atoms with Crippen LogP contribution in [0.4, 0.5) is 0 Å². The first-order valence-corrected chi connectivity index (χ1v) is 9.47. The lowest BCUT2D eigenvalue weighted by Crippen LogP contribution is -2.22. The minimum Gasteiger partial charge on any atom is -0.309 e. The number of nitrogens with one attached hydrogen (secondary N) is 1. The van der Waals surface area contributed by atoms with E-state index in [1.807, 2.05) is 11.3 Å². The highest BCUT2D eigenvalue weighted by Crippen LogP contribution is 2.64. The van der Waals surface area contributed by atoms with Gasteiger partial charge in [0, 0.05) is 10.9 Å². The Balaban J connectivity index is 1.65. The summed E-state index contributed by atoms with van der Waals surface area (Å²) >= 11 is 5.50. The zero-order valence-electron chi connectivity index (χ0n) is 12.2. The molecule has 2 aliphatic carbocycles. The van der Waals surface area contributed by atoms with Crippen LogP contribution in [0.1, 0.15) is 41.3 Å². The Labute approximate surface area is 138 Å². The van der Waals surface area contributed by atoms with Crippen LogP contribution >= 0.6 is 27.3 Å². The average Bonchev–Trinajstić information content (AvgIpc) is 3.09. The Morgan fingerprint density at radius 3 is 2.90 bits per heavy atom. The van der Waals surface area contributed by atoms with E-state index < -0.39 is 0 Å². The van der Waals surface area contributed by atoms with E-state index in [1.165, 1.54) is 21.5 Å². The van der Waals surface area contributed by atoms with Crippen molar-refractivity contribution in [1.82, 2.24) is 5.32 Å². The average molecular weight is 362 g/mol. The molecule has 4 atom stereocenters. The molecule has 0 aliphatic heterocycles. The monoisotopic (exact) mass is 361 g/mol. The van der Waals surface area contributed by atoms with Gasteiger partial charge in [-0.2, -0.15) is 0 Å². The van der Waals surface area contributed by atoms with Crippen LogP contribution < -0.4 is 5.32 Å². The first-order valence-electron chi connectivity index (χ1n) is 7.86. The largest absolute Gasteiger partial charge is 0.309 e. The van der Waals surface area contributed by atoms with Crippen molar-refractivity contribution in [1.29, 1.82) is 0 Å². The minimum atomic E-state index is 0.521. The van der Waals surface area contributed by atoms with E-state index in [4.69, 9.17) is 0 Å². The molecule has 1 heterocycles. The van der Waals surface area contributed by atoms with Crippen LogP contribution in [0.5, 0.6) is 0 Å². The van der Waals surface area contributed by atoms with Crippen LogP contribution in [0.2, 0.25) is 0 Å². The van der Waals surface area contributed by atoms with Crippen molar-refractivity contribution in [3.63, 3.8) is 0 Å². The predicted octanol–water partition coefficient (Wildman–Crippen LogP) is 5.14. The highest BCUT2D eigenvalue weighted by Gasteiger charge is 2.56. The molecule has 1 aromatic carbocycles. The third kappa shape index (κ3) is 2.39. The quantitative estimate of drug-likeness (QED) is 0.794. The van der Waals surface area contributed by atoms with Crippen molar-refractivity contribution < 1.29 is 0 Å². The van der Waals surface area contributed by atoms with Gasteiger partial charge in [0.25, 0.3) is 0 Å². The number of benzene rings is 1. The van der Waals surface area contributed by atoms with E-state index in [2.05, 4.69) is 64.6 Å². The second kappa shape index (κ2) is 5.53. The van der Waals surface area contributed by atoms with Crippen LogP contribution in [0.25, 0.3) is 0 Å². The fraction of sp³-hybridized carbons (Fsp3) is 0.444. The van der Waals surface area contributed by atoms with Crippen molar-refractivity contribution >= 4 is 27.3 Å². The number of thiophene rings is 1. The first-order chi connectivity index (χ1) is 10.3. The van der Waals surface area contributed by atoms with Gasteiger partial charge in [-0.25, -0.2) is 0 Å². The highest BCUT2D eigenvalue weighted by atomic mass is 79.9. The summed E-state index contributed by atoms with van der Waals surface area (Å²) in [5.41, 5.74) is 3.21. The summed E-state index contributed by atoms with van der Waals surface area (Å²) in [5.74, 6) is 2.43. The Morgan fingerprint density at radius 1 is 1.29 bits per heavy atom. The molecule has 3 heteroatoms. The van der Waals surface area contributed by atoms with Crippen molar-refractivity contribution in [3.8, 4) is 0 Å². The van der Waals surface area contributed by atoms with Crippen LogP contribution in [0.3, 0.4) is 0 Å². The lowest BCUT2D eigenvalue weighted by molar-refractivity contribution is 0.467. The molecule has 0 spiro atoms. The Morgan fingerprint density at radius 2 is 2.14 bits per heavy atom. The smallest absolute Gasteiger partial charge is 0.0701 e. The number of fused-ring (bicyclic) bond motifs is 3. The normalized spacial score (nSPS) is 27.8. The van der Waals surface area contributed by atoms with Gasteiger partial charge in [-0.1, -0.05) is 31.2 Å². The number of aryl methyl sites for hydroxylation is 1. The van der Waals surface area contributed by atoms with E-state index in [-0.39, 0.29) is 0 Å². The molecule has 0 bridgehead atoms. The van der Waals surface area contributed by atoms with E-state index in [1.54, 1.807) is 11.1 Å². The Kier molecular flexibility index (Phi) is 3.68. The van der Waals surface area contributed by atoms with Gasteiger partial charge in [0.2, 0.25) is 0 Å². The molecule has 1 aromatic heterocycles. The Hall–Kier alpha value is -0.640. The number of rotatable bonds is 4. The van der Waals surface area contributed by atoms with Gasteiger partial charge in [0.15, 0.2) is 0 Å². The van der Waals surface area contributed by atoms with Crippen molar-refractivity contribution in [3.05, 3.63) is 56.2 Å². The van der Waals surface area contributed by atoms with E-state index in [0.29, 0.717) is 6.04 Å². The fourth-order valence-corrected chi connectivity index (χ4v) is 5.77. The molecule has 2 aromatic rings. The molecule has 0 saturated heterocycles. The standard InChI is InChI=1S/C18H20BrNS/c1-2-20-18(14-9-10-15(19)21-14)17-13-8-7-11-5-3-4-6-12(11)16(13)17/h3-6,9-10,13,16-18,20H,2,7-8H2,1H3. The number of halogens is 1. The second-order valence-corrected chi connectivity index (χ2v) is 8.68. The zero-order chi connectivity index (χ0) is 14.4. The first kappa shape index (κ1) is 14.0. The van der Waals surface area contributed by atoms with Gasteiger partial charge in [0.1, 0.15) is 0 Å². The van der Waals surface area contributed by atoms with Gasteiger partial charge in [-0.3, -0.25) is 0 Å². The van der Waals surface area contributed by atoms with Gasteiger partial charge in [-0.15, -0.1) is 11.3 Å². The summed E-state index contributed by atoms with van der Waals surface area (Å²) in [6.07, 6.45) is 2.63. The summed E-state index contributed by atoms with van der Waals surface area (Å²) in [5, 5.41) is 3.75. The summed E-state index contributed by atoms with van der Waals surface area (Å²) < 4.78 is 1.24. The molecule has 4 rings (SSSR count). The third-order valence-corrected chi connectivity index (χ3v) is 6.81. The van der Waals surface area contributed by atoms with E-state index in [0.717, 1.165) is 24.3 Å². The molecule has 1 N–H and O–H groups in total. The maximum atomic E-state index is 3.75. The maximum absolute atomic E-state index is 3.75. The van der Waals surface area contributed by atoms with Crippen LogP contribution in [0.15, 0.2) is 40.2 Å². The van der Waals surface area contributed by atoms with Crippen molar-refractivity contribution in [2.45, 2.75) is 31.7 Å². The zero-order valence-corrected chi connectivity index (χ0v) is 14.6. The molecular formula is C18H20BrNS. The highest BCUT2D eigenvalue weighted by molar-refractivity contribution is 9.11. The van der Waals surface area contributed by atoms with E-state index >= 15 is 0 Å². The van der Waals surface area contributed by atoms with Gasteiger partial charge < -0.3 is 5.32 Å². The summed E-state index contributed by atoms with van der Waals surface area (Å²) in [6.45, 7) is 3.26.